The number of carbonyl (C=O) groups excluding carboxylic acids is 1. The lowest BCUT2D eigenvalue weighted by Gasteiger charge is -2.24. The SMILES string of the molecule is CCOc1ccc(NC(=O)N(CCc2ccc(Cl)cc2Cl)Cc2ccccc2OC)cc1. The Balaban J connectivity index is 1.77. The van der Waals surface area contributed by atoms with Crippen LogP contribution in [0.25, 0.3) is 0 Å². The monoisotopic (exact) mass is 472 g/mol. The van der Waals surface area contributed by atoms with Crippen LogP contribution in [0.4, 0.5) is 10.5 Å². The summed E-state index contributed by atoms with van der Waals surface area (Å²) in [7, 11) is 1.62. The number of hydrogen-bond acceptors (Lipinski definition) is 3. The summed E-state index contributed by atoms with van der Waals surface area (Å²) >= 11 is 12.3. The fourth-order valence-electron chi connectivity index (χ4n) is 3.28. The van der Waals surface area contributed by atoms with Crippen LogP contribution in [-0.2, 0) is 13.0 Å². The van der Waals surface area contributed by atoms with Crippen molar-refractivity contribution in [1.29, 1.82) is 0 Å². The Morgan fingerprint density at radius 3 is 2.44 bits per heavy atom. The number of rotatable bonds is 9. The summed E-state index contributed by atoms with van der Waals surface area (Å²) in [5, 5.41) is 4.13. The van der Waals surface area contributed by atoms with Crippen LogP contribution in [0, 0.1) is 0 Å². The molecule has 0 atom stereocenters. The van der Waals surface area contributed by atoms with Crippen molar-refractivity contribution in [2.45, 2.75) is 19.9 Å². The molecule has 32 heavy (non-hydrogen) atoms. The molecule has 3 aromatic carbocycles. The van der Waals surface area contributed by atoms with E-state index in [2.05, 4.69) is 5.32 Å². The van der Waals surface area contributed by atoms with Crippen molar-refractivity contribution in [1.82, 2.24) is 4.90 Å². The highest BCUT2D eigenvalue weighted by atomic mass is 35.5. The van der Waals surface area contributed by atoms with E-state index >= 15 is 0 Å². The predicted molar refractivity (Wildman–Crippen MR) is 130 cm³/mol. The van der Waals surface area contributed by atoms with Crippen molar-refractivity contribution < 1.29 is 14.3 Å². The largest absolute Gasteiger partial charge is 0.496 e. The Morgan fingerprint density at radius 2 is 1.75 bits per heavy atom. The van der Waals surface area contributed by atoms with Gasteiger partial charge in [0.05, 0.1) is 20.3 Å². The van der Waals surface area contributed by atoms with Crippen LogP contribution in [0.1, 0.15) is 18.1 Å². The first-order valence-electron chi connectivity index (χ1n) is 10.3. The van der Waals surface area contributed by atoms with E-state index < -0.39 is 0 Å². The minimum absolute atomic E-state index is 0.217. The number of para-hydroxylation sites is 1. The second kappa shape index (κ2) is 11.7. The first-order chi connectivity index (χ1) is 15.5. The van der Waals surface area contributed by atoms with E-state index in [9.17, 15) is 4.79 Å². The fraction of sp³-hybridized carbons (Fsp3) is 0.240. The van der Waals surface area contributed by atoms with Crippen LogP contribution in [-0.4, -0.2) is 31.2 Å². The molecule has 3 rings (SSSR count). The fourth-order valence-corrected chi connectivity index (χ4v) is 3.78. The molecular formula is C25H26Cl2N2O3. The third kappa shape index (κ3) is 6.55. The molecule has 0 aromatic heterocycles. The van der Waals surface area contributed by atoms with Gasteiger partial charge in [-0.05, 0) is 61.4 Å². The van der Waals surface area contributed by atoms with Crippen molar-refractivity contribution in [2.24, 2.45) is 0 Å². The number of urea groups is 1. The lowest BCUT2D eigenvalue weighted by Crippen LogP contribution is -2.36. The number of hydrogen-bond donors (Lipinski definition) is 1. The zero-order chi connectivity index (χ0) is 22.9. The van der Waals surface area contributed by atoms with Crippen molar-refractivity contribution in [2.75, 3.05) is 25.6 Å². The van der Waals surface area contributed by atoms with E-state index in [0.29, 0.717) is 41.8 Å². The summed E-state index contributed by atoms with van der Waals surface area (Å²) in [6.07, 6.45) is 0.585. The Kier molecular flexibility index (Phi) is 8.65. The van der Waals surface area contributed by atoms with Crippen LogP contribution in [0.3, 0.4) is 0 Å². The first-order valence-corrected chi connectivity index (χ1v) is 11.1. The lowest BCUT2D eigenvalue weighted by atomic mass is 10.1. The maximum Gasteiger partial charge on any atom is 0.322 e. The molecule has 1 N–H and O–H groups in total. The molecule has 7 heteroatoms. The van der Waals surface area contributed by atoms with Gasteiger partial charge in [0.1, 0.15) is 11.5 Å². The summed E-state index contributed by atoms with van der Waals surface area (Å²) in [5.74, 6) is 1.49. The minimum Gasteiger partial charge on any atom is -0.496 e. The van der Waals surface area contributed by atoms with E-state index in [1.165, 1.54) is 0 Å². The number of benzene rings is 3. The number of ether oxygens (including phenoxy) is 2. The third-order valence-electron chi connectivity index (χ3n) is 4.92. The summed E-state index contributed by atoms with van der Waals surface area (Å²) < 4.78 is 10.9. The van der Waals surface area contributed by atoms with Gasteiger partial charge < -0.3 is 19.7 Å². The Bertz CT molecular complexity index is 1040. The van der Waals surface area contributed by atoms with Gasteiger partial charge in [0.25, 0.3) is 0 Å². The topological polar surface area (TPSA) is 50.8 Å². The summed E-state index contributed by atoms with van der Waals surface area (Å²) in [5.41, 5.74) is 2.53. The van der Waals surface area contributed by atoms with Crippen molar-refractivity contribution in [3.8, 4) is 11.5 Å². The van der Waals surface area contributed by atoms with Gasteiger partial charge in [-0.2, -0.15) is 0 Å². The number of carbonyl (C=O) groups is 1. The molecule has 0 spiro atoms. The van der Waals surface area contributed by atoms with Crippen LogP contribution in [0.2, 0.25) is 10.0 Å². The standard InChI is InChI=1S/C25H26Cl2N2O3/c1-3-32-22-12-10-21(11-13-22)28-25(30)29(17-19-6-4-5-7-24(19)31-2)15-14-18-8-9-20(26)16-23(18)27/h4-13,16H,3,14-15,17H2,1-2H3,(H,28,30). The number of anilines is 1. The smallest absolute Gasteiger partial charge is 0.322 e. The molecule has 0 fully saturated rings. The zero-order valence-corrected chi connectivity index (χ0v) is 19.6. The number of methoxy groups -OCH3 is 1. The molecule has 0 bridgehead atoms. The third-order valence-corrected chi connectivity index (χ3v) is 5.51. The number of nitrogens with zero attached hydrogens (tertiary/aromatic N) is 1. The van der Waals surface area contributed by atoms with Gasteiger partial charge in [-0.15, -0.1) is 0 Å². The molecule has 0 aliphatic carbocycles. The zero-order valence-electron chi connectivity index (χ0n) is 18.1. The molecule has 0 unspecified atom stereocenters. The molecule has 2 amide bonds. The molecule has 0 heterocycles. The van der Waals surface area contributed by atoms with Gasteiger partial charge in [0.2, 0.25) is 0 Å². The summed E-state index contributed by atoms with van der Waals surface area (Å²) in [6, 6.07) is 20.1. The Morgan fingerprint density at radius 1 is 1.00 bits per heavy atom. The van der Waals surface area contributed by atoms with Gasteiger partial charge >= 0.3 is 6.03 Å². The molecule has 3 aromatic rings. The highest BCUT2D eigenvalue weighted by molar-refractivity contribution is 6.35. The van der Waals surface area contributed by atoms with Crippen LogP contribution in [0.15, 0.2) is 66.7 Å². The van der Waals surface area contributed by atoms with Crippen molar-refractivity contribution >= 4 is 34.9 Å². The first kappa shape index (κ1) is 23.8. The molecular weight excluding hydrogens is 447 g/mol. The summed E-state index contributed by atoms with van der Waals surface area (Å²) in [4.78, 5) is 14.9. The second-order valence-corrected chi connectivity index (χ2v) is 7.95. The lowest BCUT2D eigenvalue weighted by molar-refractivity contribution is 0.209. The van der Waals surface area contributed by atoms with E-state index in [0.717, 1.165) is 22.6 Å². The van der Waals surface area contributed by atoms with Crippen LogP contribution in [0.5, 0.6) is 11.5 Å². The maximum absolute atomic E-state index is 13.2. The van der Waals surface area contributed by atoms with Crippen molar-refractivity contribution in [3.05, 3.63) is 87.9 Å². The molecule has 0 saturated heterocycles. The molecule has 0 aliphatic rings. The minimum atomic E-state index is -0.217. The van der Waals surface area contributed by atoms with E-state index in [1.54, 1.807) is 24.1 Å². The number of amides is 2. The highest BCUT2D eigenvalue weighted by Gasteiger charge is 2.17. The van der Waals surface area contributed by atoms with Gasteiger partial charge in [-0.25, -0.2) is 4.79 Å². The maximum atomic E-state index is 13.2. The second-order valence-electron chi connectivity index (χ2n) is 7.11. The number of nitrogens with one attached hydrogen (secondary N) is 1. The van der Waals surface area contributed by atoms with Gasteiger partial charge in [-0.3, -0.25) is 0 Å². The van der Waals surface area contributed by atoms with E-state index in [1.807, 2.05) is 61.5 Å². The number of halogens is 2. The quantitative estimate of drug-likeness (QED) is 0.377. The molecule has 0 saturated carbocycles. The van der Waals surface area contributed by atoms with Crippen molar-refractivity contribution in [3.63, 3.8) is 0 Å². The van der Waals surface area contributed by atoms with E-state index in [4.69, 9.17) is 32.7 Å². The summed E-state index contributed by atoms with van der Waals surface area (Å²) in [6.45, 7) is 3.37. The van der Waals surface area contributed by atoms with Crippen LogP contribution < -0.4 is 14.8 Å². The molecule has 168 valence electrons. The Labute approximate surface area is 198 Å². The van der Waals surface area contributed by atoms with Gasteiger partial charge in [0, 0.05) is 27.8 Å². The normalized spacial score (nSPS) is 10.5. The van der Waals surface area contributed by atoms with Crippen LogP contribution >= 0.6 is 23.2 Å². The average Bonchev–Trinajstić information content (AvgIpc) is 2.79. The average molecular weight is 473 g/mol. The molecule has 0 radical (unpaired) electrons. The van der Waals surface area contributed by atoms with Gasteiger partial charge in [-0.1, -0.05) is 47.5 Å². The predicted octanol–water partition coefficient (Wildman–Crippen LogP) is 6.68. The molecule has 0 aliphatic heterocycles. The molecule has 5 nitrogen and oxygen atoms in total. The Hall–Kier alpha value is -2.89. The van der Waals surface area contributed by atoms with Gasteiger partial charge in [0.15, 0.2) is 0 Å². The van der Waals surface area contributed by atoms with E-state index in [-0.39, 0.29) is 6.03 Å². The highest BCUT2D eigenvalue weighted by Crippen LogP contribution is 2.24.